The third kappa shape index (κ3) is 6.17. The maximum absolute atomic E-state index is 12.7. The Morgan fingerprint density at radius 2 is 1.58 bits per heavy atom. The van der Waals surface area contributed by atoms with Crippen molar-refractivity contribution in [3.05, 3.63) is 65.2 Å². The van der Waals surface area contributed by atoms with Crippen LogP contribution in [0.4, 0.5) is 5.69 Å². The summed E-state index contributed by atoms with van der Waals surface area (Å²) in [6.45, 7) is 4.56. The SMILES string of the molecule is CCC1CCC(NC(=O)C(=O)Nc2ccccc2C(=O)NCc2ccccc2C)CC1. The van der Waals surface area contributed by atoms with E-state index in [0.717, 1.165) is 43.2 Å². The quantitative estimate of drug-likeness (QED) is 0.617. The van der Waals surface area contributed by atoms with Crippen LogP contribution in [0, 0.1) is 12.8 Å². The fourth-order valence-corrected chi connectivity index (χ4v) is 4.01. The molecule has 0 unspecified atom stereocenters. The minimum Gasteiger partial charge on any atom is -0.348 e. The molecule has 1 fully saturated rings. The summed E-state index contributed by atoms with van der Waals surface area (Å²) in [5, 5.41) is 8.32. The number of carbonyl (C=O) groups excluding carboxylic acids is 3. The van der Waals surface area contributed by atoms with Gasteiger partial charge in [-0.05, 0) is 61.8 Å². The molecule has 1 saturated carbocycles. The number of carbonyl (C=O) groups is 3. The standard InChI is InChI=1S/C25H31N3O3/c1-3-18-12-14-20(15-13-18)27-24(30)25(31)28-22-11-7-6-10-21(22)23(29)26-16-19-9-5-4-8-17(19)2/h4-11,18,20H,3,12-16H2,1-2H3,(H,26,29)(H,27,30)(H,28,31). The summed E-state index contributed by atoms with van der Waals surface area (Å²) in [6.07, 6.45) is 5.11. The van der Waals surface area contributed by atoms with Crippen molar-refractivity contribution in [2.45, 2.75) is 58.5 Å². The lowest BCUT2D eigenvalue weighted by Crippen LogP contribution is -2.43. The molecule has 0 bridgehead atoms. The smallest absolute Gasteiger partial charge is 0.313 e. The first kappa shape index (κ1) is 22.5. The molecule has 3 N–H and O–H groups in total. The van der Waals surface area contributed by atoms with Gasteiger partial charge in [-0.25, -0.2) is 0 Å². The highest BCUT2D eigenvalue weighted by Crippen LogP contribution is 2.26. The van der Waals surface area contributed by atoms with E-state index in [1.807, 2.05) is 31.2 Å². The Labute approximate surface area is 183 Å². The van der Waals surface area contributed by atoms with Gasteiger partial charge >= 0.3 is 11.8 Å². The van der Waals surface area contributed by atoms with Crippen molar-refractivity contribution in [1.29, 1.82) is 0 Å². The van der Waals surface area contributed by atoms with E-state index in [1.165, 1.54) is 0 Å². The molecule has 0 spiro atoms. The van der Waals surface area contributed by atoms with E-state index in [-0.39, 0.29) is 11.9 Å². The fraction of sp³-hybridized carbons (Fsp3) is 0.400. The average Bonchev–Trinajstić information content (AvgIpc) is 2.79. The van der Waals surface area contributed by atoms with Gasteiger partial charge in [0.05, 0.1) is 11.3 Å². The third-order valence-electron chi connectivity index (χ3n) is 6.09. The predicted molar refractivity (Wildman–Crippen MR) is 122 cm³/mol. The summed E-state index contributed by atoms with van der Waals surface area (Å²) in [5.74, 6) is -1.00. The van der Waals surface area contributed by atoms with Crippen LogP contribution in [0.2, 0.25) is 0 Å². The minimum absolute atomic E-state index is 0.0358. The zero-order valence-electron chi connectivity index (χ0n) is 18.2. The van der Waals surface area contributed by atoms with Gasteiger partial charge in [-0.3, -0.25) is 14.4 Å². The lowest BCUT2D eigenvalue weighted by molar-refractivity contribution is -0.136. The second kappa shape index (κ2) is 10.8. The van der Waals surface area contributed by atoms with E-state index in [2.05, 4.69) is 22.9 Å². The molecule has 164 valence electrons. The van der Waals surface area contributed by atoms with E-state index in [0.29, 0.717) is 23.7 Å². The molecule has 3 amide bonds. The molecular formula is C25H31N3O3. The van der Waals surface area contributed by atoms with Crippen molar-refractivity contribution in [2.24, 2.45) is 5.92 Å². The second-order valence-electron chi connectivity index (χ2n) is 8.21. The monoisotopic (exact) mass is 421 g/mol. The normalized spacial score (nSPS) is 18.1. The molecule has 31 heavy (non-hydrogen) atoms. The van der Waals surface area contributed by atoms with Crippen LogP contribution in [0.3, 0.4) is 0 Å². The molecule has 1 aliphatic carbocycles. The molecule has 2 aromatic carbocycles. The number of aryl methyl sites for hydroxylation is 1. The largest absolute Gasteiger partial charge is 0.348 e. The number of anilines is 1. The van der Waals surface area contributed by atoms with Crippen LogP contribution < -0.4 is 16.0 Å². The molecule has 1 aliphatic rings. The number of hydrogen-bond donors (Lipinski definition) is 3. The van der Waals surface area contributed by atoms with Gasteiger partial charge in [0, 0.05) is 12.6 Å². The van der Waals surface area contributed by atoms with Crippen LogP contribution in [0.15, 0.2) is 48.5 Å². The van der Waals surface area contributed by atoms with Crippen molar-refractivity contribution >= 4 is 23.4 Å². The first-order chi connectivity index (χ1) is 15.0. The summed E-state index contributed by atoms with van der Waals surface area (Å²) in [5.41, 5.74) is 2.75. The van der Waals surface area contributed by atoms with E-state index in [4.69, 9.17) is 0 Å². The van der Waals surface area contributed by atoms with Crippen molar-refractivity contribution in [3.8, 4) is 0 Å². The van der Waals surface area contributed by atoms with E-state index < -0.39 is 11.8 Å². The maximum Gasteiger partial charge on any atom is 0.313 e. The molecule has 0 heterocycles. The molecular weight excluding hydrogens is 390 g/mol. The molecule has 2 aromatic rings. The van der Waals surface area contributed by atoms with E-state index in [9.17, 15) is 14.4 Å². The molecule has 0 aromatic heterocycles. The van der Waals surface area contributed by atoms with Gasteiger partial charge in [0.15, 0.2) is 0 Å². The summed E-state index contributed by atoms with van der Waals surface area (Å²) in [4.78, 5) is 37.5. The highest BCUT2D eigenvalue weighted by molar-refractivity contribution is 6.40. The van der Waals surface area contributed by atoms with Gasteiger partial charge in [0.2, 0.25) is 0 Å². The summed E-state index contributed by atoms with van der Waals surface area (Å²) >= 11 is 0. The van der Waals surface area contributed by atoms with Crippen molar-refractivity contribution in [1.82, 2.24) is 10.6 Å². The molecule has 6 nitrogen and oxygen atoms in total. The number of hydrogen-bond acceptors (Lipinski definition) is 3. The fourth-order valence-electron chi connectivity index (χ4n) is 4.01. The van der Waals surface area contributed by atoms with Crippen LogP contribution in [0.1, 0.15) is 60.5 Å². The van der Waals surface area contributed by atoms with Crippen LogP contribution in [0.5, 0.6) is 0 Å². The Bertz CT molecular complexity index is 933. The highest BCUT2D eigenvalue weighted by atomic mass is 16.2. The Morgan fingerprint density at radius 1 is 0.903 bits per heavy atom. The summed E-state index contributed by atoms with van der Waals surface area (Å²) in [7, 11) is 0. The van der Waals surface area contributed by atoms with Gasteiger partial charge in [-0.1, -0.05) is 49.7 Å². The Balaban J connectivity index is 1.58. The van der Waals surface area contributed by atoms with Crippen molar-refractivity contribution in [3.63, 3.8) is 0 Å². The number of nitrogens with one attached hydrogen (secondary N) is 3. The molecule has 3 rings (SSSR count). The van der Waals surface area contributed by atoms with Crippen LogP contribution in [0.25, 0.3) is 0 Å². The molecule has 0 radical (unpaired) electrons. The lowest BCUT2D eigenvalue weighted by Gasteiger charge is -2.28. The molecule has 0 saturated heterocycles. The Morgan fingerprint density at radius 3 is 2.29 bits per heavy atom. The van der Waals surface area contributed by atoms with Crippen LogP contribution >= 0.6 is 0 Å². The van der Waals surface area contributed by atoms with Gasteiger partial charge in [-0.15, -0.1) is 0 Å². The van der Waals surface area contributed by atoms with Gasteiger partial charge in [-0.2, -0.15) is 0 Å². The number of rotatable bonds is 6. The molecule has 0 atom stereocenters. The third-order valence-corrected chi connectivity index (χ3v) is 6.09. The first-order valence-corrected chi connectivity index (χ1v) is 11.0. The predicted octanol–water partition coefficient (Wildman–Crippen LogP) is 3.95. The summed E-state index contributed by atoms with van der Waals surface area (Å²) in [6, 6.07) is 14.6. The zero-order valence-corrected chi connectivity index (χ0v) is 18.2. The topological polar surface area (TPSA) is 87.3 Å². The van der Waals surface area contributed by atoms with E-state index in [1.54, 1.807) is 24.3 Å². The van der Waals surface area contributed by atoms with Gasteiger partial charge < -0.3 is 16.0 Å². The van der Waals surface area contributed by atoms with Crippen molar-refractivity contribution in [2.75, 3.05) is 5.32 Å². The number of amides is 3. The Kier molecular flexibility index (Phi) is 7.82. The number of para-hydroxylation sites is 1. The lowest BCUT2D eigenvalue weighted by atomic mass is 9.84. The van der Waals surface area contributed by atoms with Crippen molar-refractivity contribution < 1.29 is 14.4 Å². The Hall–Kier alpha value is -3.15. The highest BCUT2D eigenvalue weighted by Gasteiger charge is 2.24. The average molecular weight is 422 g/mol. The maximum atomic E-state index is 12.7. The van der Waals surface area contributed by atoms with Crippen LogP contribution in [-0.2, 0) is 16.1 Å². The van der Waals surface area contributed by atoms with Gasteiger partial charge in [0.25, 0.3) is 5.91 Å². The summed E-state index contributed by atoms with van der Waals surface area (Å²) < 4.78 is 0. The van der Waals surface area contributed by atoms with Gasteiger partial charge in [0.1, 0.15) is 0 Å². The zero-order chi connectivity index (χ0) is 22.2. The van der Waals surface area contributed by atoms with Crippen LogP contribution in [-0.4, -0.2) is 23.8 Å². The first-order valence-electron chi connectivity index (χ1n) is 11.0. The molecule has 0 aliphatic heterocycles. The van der Waals surface area contributed by atoms with E-state index >= 15 is 0 Å². The molecule has 6 heteroatoms. The number of benzene rings is 2. The minimum atomic E-state index is -0.753. The second-order valence-corrected chi connectivity index (χ2v) is 8.21.